The van der Waals surface area contributed by atoms with Crippen LogP contribution in [0.3, 0.4) is 0 Å². The van der Waals surface area contributed by atoms with Crippen molar-refractivity contribution in [1.29, 1.82) is 0 Å². The topological polar surface area (TPSA) is 54.6 Å². The highest BCUT2D eigenvalue weighted by Crippen LogP contribution is 2.25. The Morgan fingerprint density at radius 1 is 1.24 bits per heavy atom. The first-order chi connectivity index (χ1) is 9.99. The molecule has 0 amide bonds. The molecule has 108 valence electrons. The number of hydrogen-bond donors (Lipinski definition) is 1. The molecule has 2 aromatic rings. The molecule has 1 aromatic carbocycles. The summed E-state index contributed by atoms with van der Waals surface area (Å²) in [6.07, 6.45) is 5.28. The van der Waals surface area contributed by atoms with E-state index in [4.69, 9.17) is 0 Å². The molecule has 0 saturated heterocycles. The quantitative estimate of drug-likeness (QED) is 0.525. The van der Waals surface area contributed by atoms with Crippen molar-refractivity contribution in [3.05, 3.63) is 59.6 Å². The predicted molar refractivity (Wildman–Crippen MR) is 84.7 cm³/mol. The van der Waals surface area contributed by atoms with Crippen LogP contribution in [0.4, 0.5) is 5.69 Å². The highest BCUT2D eigenvalue weighted by molar-refractivity contribution is 6.13. The van der Waals surface area contributed by atoms with E-state index >= 15 is 0 Å². The van der Waals surface area contributed by atoms with Crippen LogP contribution in [-0.2, 0) is 4.79 Å². The van der Waals surface area contributed by atoms with Crippen molar-refractivity contribution in [3.8, 4) is 5.69 Å². The van der Waals surface area contributed by atoms with Crippen LogP contribution in [-0.4, -0.2) is 21.7 Å². The van der Waals surface area contributed by atoms with Crippen LogP contribution in [0.15, 0.2) is 59.1 Å². The first kappa shape index (κ1) is 14.8. The third-order valence-corrected chi connectivity index (χ3v) is 3.12. The lowest BCUT2D eigenvalue weighted by molar-refractivity contribution is -0.113. The van der Waals surface area contributed by atoms with Crippen molar-refractivity contribution in [2.75, 3.05) is 0 Å². The van der Waals surface area contributed by atoms with Crippen molar-refractivity contribution in [2.24, 2.45) is 4.99 Å². The van der Waals surface area contributed by atoms with E-state index in [0.717, 1.165) is 16.9 Å². The predicted octanol–water partition coefficient (Wildman–Crippen LogP) is 3.91. The van der Waals surface area contributed by atoms with Gasteiger partial charge in [-0.05, 0) is 50.6 Å². The average Bonchev–Trinajstić information content (AvgIpc) is 2.92. The van der Waals surface area contributed by atoms with Gasteiger partial charge < -0.3 is 9.67 Å². The van der Waals surface area contributed by atoms with E-state index in [9.17, 15) is 9.90 Å². The summed E-state index contributed by atoms with van der Waals surface area (Å²) in [7, 11) is 0. The second-order valence-electron chi connectivity index (χ2n) is 4.90. The normalized spacial score (nSPS) is 12.5. The van der Waals surface area contributed by atoms with Crippen molar-refractivity contribution < 1.29 is 9.90 Å². The lowest BCUT2D eigenvalue weighted by Gasteiger charge is -2.08. The van der Waals surface area contributed by atoms with Crippen LogP contribution in [0.5, 0.6) is 0 Å². The maximum Gasteiger partial charge on any atom is 0.164 e. The van der Waals surface area contributed by atoms with Gasteiger partial charge in [0.2, 0.25) is 0 Å². The molecule has 4 heteroatoms. The number of aryl methyl sites for hydroxylation is 1. The highest BCUT2D eigenvalue weighted by Gasteiger charge is 2.07. The zero-order valence-corrected chi connectivity index (χ0v) is 12.4. The summed E-state index contributed by atoms with van der Waals surface area (Å²) < 4.78 is 1.95. The molecular formula is C17H18N2O2. The number of aliphatic hydroxyl groups excluding tert-OH is 1. The van der Waals surface area contributed by atoms with E-state index in [1.165, 1.54) is 20.1 Å². The maximum absolute atomic E-state index is 11.5. The Morgan fingerprint density at radius 3 is 2.48 bits per heavy atom. The zero-order chi connectivity index (χ0) is 15.4. The monoisotopic (exact) mass is 282 g/mol. The lowest BCUT2D eigenvalue weighted by Crippen LogP contribution is -2.01. The summed E-state index contributed by atoms with van der Waals surface area (Å²) in [6.45, 7) is 4.87. The van der Waals surface area contributed by atoms with E-state index < -0.39 is 0 Å². The van der Waals surface area contributed by atoms with Crippen molar-refractivity contribution in [2.45, 2.75) is 20.8 Å². The second kappa shape index (κ2) is 6.22. The van der Waals surface area contributed by atoms with Gasteiger partial charge in [-0.3, -0.25) is 9.79 Å². The summed E-state index contributed by atoms with van der Waals surface area (Å²) in [5.41, 5.74) is 2.95. The molecule has 0 atom stereocenters. The van der Waals surface area contributed by atoms with Gasteiger partial charge >= 0.3 is 0 Å². The first-order valence-electron chi connectivity index (χ1n) is 6.68. The molecule has 2 rings (SSSR count). The molecule has 0 aliphatic carbocycles. The van der Waals surface area contributed by atoms with E-state index in [2.05, 4.69) is 4.99 Å². The van der Waals surface area contributed by atoms with Crippen LogP contribution in [0, 0.1) is 6.92 Å². The number of rotatable bonds is 4. The van der Waals surface area contributed by atoms with E-state index in [1.54, 1.807) is 0 Å². The van der Waals surface area contributed by atoms with Crippen molar-refractivity contribution >= 4 is 17.7 Å². The molecule has 21 heavy (non-hydrogen) atoms. The Balaban J connectivity index is 2.47. The van der Waals surface area contributed by atoms with Gasteiger partial charge in [-0.25, -0.2) is 0 Å². The summed E-state index contributed by atoms with van der Waals surface area (Å²) in [5.74, 6) is -0.240. The van der Waals surface area contributed by atoms with Crippen LogP contribution < -0.4 is 0 Å². The van der Waals surface area contributed by atoms with Gasteiger partial charge in [-0.2, -0.15) is 0 Å². The summed E-state index contributed by atoms with van der Waals surface area (Å²) in [5, 5.41) is 9.53. The maximum atomic E-state index is 11.5. The number of carbonyl (C=O) groups excluding carboxylic acids is 1. The molecular weight excluding hydrogens is 264 g/mol. The fourth-order valence-electron chi connectivity index (χ4n) is 2.02. The standard InChI is InChI=1S/C17H18N2O2/c1-12-6-7-17(19-8-4-5-9-19)16(10-12)18-11-15(13(2)20)14(3)21/h4-11,20H,1-3H3. The lowest BCUT2D eigenvalue weighted by atomic mass is 10.1. The van der Waals surface area contributed by atoms with Gasteiger partial charge in [0.25, 0.3) is 0 Å². The summed E-state index contributed by atoms with van der Waals surface area (Å²) >= 11 is 0. The molecule has 0 bridgehead atoms. The number of Topliss-reactive ketones (excluding diaryl/α,β-unsaturated/α-hetero) is 1. The number of aliphatic imine (C=N–C) groups is 1. The number of aromatic nitrogens is 1. The number of hydrogen-bond acceptors (Lipinski definition) is 3. The molecule has 0 aliphatic rings. The SMILES string of the molecule is CC(=O)C(C=Nc1cc(C)ccc1-n1cccc1)=C(C)O. The Bertz CT molecular complexity index is 706. The first-order valence-corrected chi connectivity index (χ1v) is 6.68. The van der Waals surface area contributed by atoms with Crippen LogP contribution in [0.1, 0.15) is 19.4 Å². The number of carbonyl (C=O) groups is 1. The highest BCUT2D eigenvalue weighted by atomic mass is 16.3. The van der Waals surface area contributed by atoms with Crippen molar-refractivity contribution in [1.82, 2.24) is 4.57 Å². The van der Waals surface area contributed by atoms with E-state index in [1.807, 2.05) is 54.2 Å². The number of allylic oxidation sites excluding steroid dienone is 2. The Morgan fingerprint density at radius 2 is 1.90 bits per heavy atom. The molecule has 0 spiro atoms. The van der Waals surface area contributed by atoms with Crippen LogP contribution >= 0.6 is 0 Å². The molecule has 0 saturated carbocycles. The Hall–Kier alpha value is -2.62. The van der Waals surface area contributed by atoms with Gasteiger partial charge in [0.05, 0.1) is 16.9 Å². The van der Waals surface area contributed by atoms with Gasteiger partial charge in [0.1, 0.15) is 5.76 Å². The van der Waals surface area contributed by atoms with E-state index in [0.29, 0.717) is 0 Å². The summed E-state index contributed by atoms with van der Waals surface area (Å²) in [6, 6.07) is 9.80. The molecule has 0 fully saturated rings. The molecule has 0 radical (unpaired) electrons. The molecule has 1 N–H and O–H groups in total. The third-order valence-electron chi connectivity index (χ3n) is 3.12. The Kier molecular flexibility index (Phi) is 4.38. The minimum atomic E-state index is -0.214. The second-order valence-corrected chi connectivity index (χ2v) is 4.90. The van der Waals surface area contributed by atoms with Gasteiger partial charge in [-0.1, -0.05) is 6.07 Å². The minimum Gasteiger partial charge on any atom is -0.512 e. The number of ketones is 1. The van der Waals surface area contributed by atoms with Gasteiger partial charge in [-0.15, -0.1) is 0 Å². The van der Waals surface area contributed by atoms with Crippen LogP contribution in [0.25, 0.3) is 5.69 Å². The van der Waals surface area contributed by atoms with Gasteiger partial charge in [0.15, 0.2) is 5.78 Å². The third kappa shape index (κ3) is 3.48. The minimum absolute atomic E-state index is 0.0265. The zero-order valence-electron chi connectivity index (χ0n) is 12.4. The molecule has 1 heterocycles. The number of benzene rings is 1. The average molecular weight is 282 g/mol. The van der Waals surface area contributed by atoms with Crippen molar-refractivity contribution in [3.63, 3.8) is 0 Å². The number of nitrogens with zero attached hydrogens (tertiary/aromatic N) is 2. The molecule has 0 unspecified atom stereocenters. The Labute approximate surface area is 124 Å². The number of aliphatic hydroxyl groups is 1. The van der Waals surface area contributed by atoms with E-state index in [-0.39, 0.29) is 17.1 Å². The largest absolute Gasteiger partial charge is 0.512 e. The fraction of sp³-hybridized carbons (Fsp3) is 0.176. The van der Waals surface area contributed by atoms with Gasteiger partial charge in [0, 0.05) is 18.6 Å². The smallest absolute Gasteiger partial charge is 0.164 e. The fourth-order valence-corrected chi connectivity index (χ4v) is 2.02. The molecule has 4 nitrogen and oxygen atoms in total. The summed E-state index contributed by atoms with van der Waals surface area (Å²) in [4.78, 5) is 15.9. The van der Waals surface area contributed by atoms with Crippen LogP contribution in [0.2, 0.25) is 0 Å². The molecule has 1 aromatic heterocycles. The molecule has 0 aliphatic heterocycles.